The molecule has 0 aliphatic rings. The summed E-state index contributed by atoms with van der Waals surface area (Å²) < 4.78 is 5.35. The van der Waals surface area contributed by atoms with Crippen LogP contribution in [0.5, 0.6) is 0 Å². The Morgan fingerprint density at radius 1 is 1.30 bits per heavy atom. The first-order chi connectivity index (χ1) is 8.80. The molecule has 4 nitrogen and oxygen atoms in total. The SMILES string of the molecule is CC(C)C[NH2+]C(C)(C)COC(=O)c1ccc(N)cc1.[Cl-]. The van der Waals surface area contributed by atoms with E-state index in [1.165, 1.54) is 0 Å². The summed E-state index contributed by atoms with van der Waals surface area (Å²) in [6.07, 6.45) is 0. The molecule has 0 spiro atoms. The van der Waals surface area contributed by atoms with Crippen molar-refractivity contribution in [3.63, 3.8) is 0 Å². The van der Waals surface area contributed by atoms with E-state index < -0.39 is 0 Å². The summed E-state index contributed by atoms with van der Waals surface area (Å²) in [5, 5.41) is 2.22. The molecular formula is C15H25ClN2O2. The summed E-state index contributed by atoms with van der Waals surface area (Å²) in [6, 6.07) is 6.77. The monoisotopic (exact) mass is 300 g/mol. The van der Waals surface area contributed by atoms with Crippen molar-refractivity contribution in [2.75, 3.05) is 18.9 Å². The topological polar surface area (TPSA) is 68.9 Å². The maximum atomic E-state index is 11.9. The van der Waals surface area contributed by atoms with Crippen molar-refractivity contribution in [3.8, 4) is 0 Å². The molecular weight excluding hydrogens is 276 g/mol. The second-order valence-corrected chi connectivity index (χ2v) is 6.02. The van der Waals surface area contributed by atoms with Crippen molar-refractivity contribution in [2.24, 2.45) is 5.92 Å². The van der Waals surface area contributed by atoms with Crippen LogP contribution in [0.4, 0.5) is 5.69 Å². The van der Waals surface area contributed by atoms with E-state index in [0.717, 1.165) is 6.54 Å². The summed E-state index contributed by atoms with van der Waals surface area (Å²) in [7, 11) is 0. The normalized spacial score (nSPS) is 11.1. The van der Waals surface area contributed by atoms with Gasteiger partial charge in [-0.05, 0) is 38.1 Å². The lowest BCUT2D eigenvalue weighted by molar-refractivity contribution is -0.725. The smallest absolute Gasteiger partial charge is 0.338 e. The zero-order valence-electron chi connectivity index (χ0n) is 12.7. The molecule has 0 unspecified atom stereocenters. The van der Waals surface area contributed by atoms with E-state index >= 15 is 0 Å². The summed E-state index contributed by atoms with van der Waals surface area (Å²) >= 11 is 0. The van der Waals surface area contributed by atoms with Gasteiger partial charge in [0.05, 0.1) is 12.1 Å². The molecule has 0 amide bonds. The minimum atomic E-state index is -0.300. The minimum Gasteiger partial charge on any atom is -1.00 e. The number of anilines is 1. The van der Waals surface area contributed by atoms with E-state index in [-0.39, 0.29) is 23.9 Å². The third-order valence-electron chi connectivity index (χ3n) is 2.86. The molecule has 1 aromatic carbocycles. The number of benzene rings is 1. The third-order valence-corrected chi connectivity index (χ3v) is 2.86. The number of esters is 1. The molecule has 4 N–H and O–H groups in total. The largest absolute Gasteiger partial charge is 1.00 e. The fourth-order valence-corrected chi connectivity index (χ4v) is 1.57. The van der Waals surface area contributed by atoms with E-state index in [2.05, 4.69) is 33.0 Å². The Morgan fingerprint density at radius 3 is 2.35 bits per heavy atom. The lowest BCUT2D eigenvalue weighted by Gasteiger charge is -2.23. The summed E-state index contributed by atoms with van der Waals surface area (Å²) in [4.78, 5) is 11.9. The average molecular weight is 301 g/mol. The number of halogens is 1. The molecule has 0 heterocycles. The van der Waals surface area contributed by atoms with Crippen molar-refractivity contribution < 1.29 is 27.3 Å². The predicted octanol–water partition coefficient (Wildman–Crippen LogP) is -1.57. The van der Waals surface area contributed by atoms with Crippen molar-refractivity contribution >= 4 is 11.7 Å². The van der Waals surface area contributed by atoms with E-state index in [4.69, 9.17) is 10.5 Å². The number of quaternary nitrogens is 1. The highest BCUT2D eigenvalue weighted by molar-refractivity contribution is 5.89. The Morgan fingerprint density at radius 2 is 1.85 bits per heavy atom. The van der Waals surface area contributed by atoms with Gasteiger partial charge < -0.3 is 28.2 Å². The summed E-state index contributed by atoms with van der Waals surface area (Å²) in [6.45, 7) is 9.91. The van der Waals surface area contributed by atoms with Crippen LogP contribution in [0.15, 0.2) is 24.3 Å². The van der Waals surface area contributed by atoms with Crippen LogP contribution < -0.4 is 23.5 Å². The van der Waals surface area contributed by atoms with Crippen LogP contribution in [0.1, 0.15) is 38.1 Å². The highest BCUT2D eigenvalue weighted by Crippen LogP contribution is 2.08. The van der Waals surface area contributed by atoms with Gasteiger partial charge in [0, 0.05) is 11.6 Å². The molecule has 1 aromatic rings. The minimum absolute atomic E-state index is 0. The van der Waals surface area contributed by atoms with Gasteiger partial charge in [0.15, 0.2) is 0 Å². The van der Waals surface area contributed by atoms with Crippen molar-refractivity contribution in [1.29, 1.82) is 0 Å². The fraction of sp³-hybridized carbons (Fsp3) is 0.533. The van der Waals surface area contributed by atoms with Crippen molar-refractivity contribution in [3.05, 3.63) is 29.8 Å². The Kier molecular flexibility index (Phi) is 7.61. The lowest BCUT2D eigenvalue weighted by Crippen LogP contribution is -3.00. The number of nitrogen functional groups attached to an aromatic ring is 1. The zero-order valence-corrected chi connectivity index (χ0v) is 13.4. The number of hydrogen-bond donors (Lipinski definition) is 2. The maximum absolute atomic E-state index is 11.9. The van der Waals surface area contributed by atoms with Gasteiger partial charge in [-0.2, -0.15) is 0 Å². The number of ether oxygens (including phenoxy) is 1. The van der Waals surface area contributed by atoms with Gasteiger partial charge in [-0.3, -0.25) is 0 Å². The number of carbonyl (C=O) groups excluding carboxylic acids is 1. The van der Waals surface area contributed by atoms with Gasteiger partial charge in [-0.15, -0.1) is 0 Å². The van der Waals surface area contributed by atoms with E-state index in [9.17, 15) is 4.79 Å². The molecule has 0 saturated carbocycles. The fourth-order valence-electron chi connectivity index (χ4n) is 1.57. The number of nitrogens with two attached hydrogens (primary N) is 2. The number of rotatable bonds is 6. The molecule has 0 fully saturated rings. The Hall–Kier alpha value is -1.26. The first kappa shape index (κ1) is 18.7. The molecule has 0 aromatic heterocycles. The van der Waals surface area contributed by atoms with Crippen molar-refractivity contribution in [1.82, 2.24) is 0 Å². The second kappa shape index (κ2) is 8.12. The third kappa shape index (κ3) is 6.78. The molecule has 114 valence electrons. The highest BCUT2D eigenvalue weighted by atomic mass is 35.5. The standard InChI is InChI=1S/C15H24N2O2.ClH/c1-11(2)9-17-15(3,4)10-19-14(18)12-5-7-13(16)8-6-12;/h5-8,11,17H,9-10,16H2,1-4H3;1H. The predicted molar refractivity (Wildman–Crippen MR) is 76.8 cm³/mol. The summed E-state index contributed by atoms with van der Waals surface area (Å²) in [5.41, 5.74) is 6.65. The molecule has 0 bridgehead atoms. The Balaban J connectivity index is 0.00000361. The maximum Gasteiger partial charge on any atom is 0.338 e. The van der Waals surface area contributed by atoms with E-state index in [1.54, 1.807) is 24.3 Å². The van der Waals surface area contributed by atoms with Crippen LogP contribution >= 0.6 is 0 Å². The molecule has 20 heavy (non-hydrogen) atoms. The van der Waals surface area contributed by atoms with E-state index in [0.29, 0.717) is 23.8 Å². The second-order valence-electron chi connectivity index (χ2n) is 6.02. The van der Waals surface area contributed by atoms with Gasteiger partial charge in [0.2, 0.25) is 0 Å². The number of hydrogen-bond acceptors (Lipinski definition) is 3. The Labute approximate surface area is 127 Å². The highest BCUT2D eigenvalue weighted by Gasteiger charge is 2.24. The molecule has 0 saturated heterocycles. The molecule has 1 rings (SSSR count). The average Bonchev–Trinajstić information content (AvgIpc) is 2.35. The van der Waals surface area contributed by atoms with Crippen LogP contribution in [-0.4, -0.2) is 24.7 Å². The van der Waals surface area contributed by atoms with Crippen LogP contribution in [0, 0.1) is 5.92 Å². The Bertz CT molecular complexity index is 416. The van der Waals surface area contributed by atoms with Crippen LogP contribution in [-0.2, 0) is 4.74 Å². The van der Waals surface area contributed by atoms with Crippen molar-refractivity contribution in [2.45, 2.75) is 33.2 Å². The first-order valence-corrected chi connectivity index (χ1v) is 6.67. The molecule has 0 radical (unpaired) electrons. The zero-order chi connectivity index (χ0) is 14.5. The van der Waals surface area contributed by atoms with Gasteiger partial charge in [0.1, 0.15) is 12.1 Å². The van der Waals surface area contributed by atoms with Gasteiger partial charge in [0.25, 0.3) is 0 Å². The van der Waals surface area contributed by atoms with Gasteiger partial charge in [-0.25, -0.2) is 4.79 Å². The molecule has 0 atom stereocenters. The molecule has 5 heteroatoms. The van der Waals surface area contributed by atoms with Gasteiger partial charge in [-0.1, -0.05) is 13.8 Å². The van der Waals surface area contributed by atoms with Crippen LogP contribution in [0.3, 0.4) is 0 Å². The van der Waals surface area contributed by atoms with Crippen LogP contribution in [0.25, 0.3) is 0 Å². The lowest BCUT2D eigenvalue weighted by atomic mass is 10.1. The molecule has 0 aliphatic heterocycles. The number of carbonyl (C=O) groups is 1. The van der Waals surface area contributed by atoms with Gasteiger partial charge >= 0.3 is 5.97 Å². The van der Waals surface area contributed by atoms with Crippen LogP contribution in [0.2, 0.25) is 0 Å². The quantitative estimate of drug-likeness (QED) is 0.493. The molecule has 0 aliphatic carbocycles. The van der Waals surface area contributed by atoms with E-state index in [1.807, 2.05) is 0 Å². The summed E-state index contributed by atoms with van der Waals surface area (Å²) in [5.74, 6) is 0.318. The first-order valence-electron chi connectivity index (χ1n) is 6.67.